The van der Waals surface area contributed by atoms with Crippen molar-refractivity contribution in [2.75, 3.05) is 0 Å². The molecule has 0 aromatic carbocycles. The van der Waals surface area contributed by atoms with Crippen molar-refractivity contribution in [3.8, 4) is 0 Å². The van der Waals surface area contributed by atoms with E-state index in [0.717, 1.165) is 0 Å². The van der Waals surface area contributed by atoms with Crippen molar-refractivity contribution in [2.45, 2.75) is 24.1 Å². The molecule has 1 nitrogen and oxygen atoms in total. The first-order valence-electron chi connectivity index (χ1n) is 3.81. The van der Waals surface area contributed by atoms with Gasteiger partial charge in [-0.2, -0.15) is 35.1 Å². The second kappa shape index (κ2) is 4.28. The van der Waals surface area contributed by atoms with Gasteiger partial charge >= 0.3 is 24.1 Å². The topological polar surface area (TPSA) is 9.23 Å². The molecule has 0 amide bonds. The predicted molar refractivity (Wildman–Crippen MR) is 41.3 cm³/mol. The molecular weight excluding hydrogens is 264 g/mol. The molecule has 0 aliphatic rings. The Kier molecular flexibility index (Phi) is 4.00. The highest BCUT2D eigenvalue weighted by molar-refractivity contribution is 5.02. The molecule has 0 bridgehead atoms. The number of rotatable bonds is 4. The van der Waals surface area contributed by atoms with Crippen molar-refractivity contribution in [1.29, 1.82) is 0 Å². The van der Waals surface area contributed by atoms with Crippen LogP contribution in [0.15, 0.2) is 25.3 Å². The molecule has 0 heterocycles. The van der Waals surface area contributed by atoms with Gasteiger partial charge in [-0.05, 0) is 12.2 Å². The molecule has 17 heavy (non-hydrogen) atoms. The van der Waals surface area contributed by atoms with Gasteiger partial charge < -0.3 is 0 Å². The Morgan fingerprint density at radius 3 is 1.00 bits per heavy atom. The van der Waals surface area contributed by atoms with E-state index in [1.807, 2.05) is 0 Å². The summed E-state index contributed by atoms with van der Waals surface area (Å²) in [6.45, 7) is 4.62. The lowest BCUT2D eigenvalue weighted by Crippen LogP contribution is -2.52. The monoisotopic (exact) mass is 270 g/mol. The molecule has 0 aromatic rings. The van der Waals surface area contributed by atoms with Gasteiger partial charge in [0.25, 0.3) is 0 Å². The summed E-state index contributed by atoms with van der Waals surface area (Å²) in [5.41, 5.74) is 0. The van der Waals surface area contributed by atoms with E-state index < -0.39 is 36.2 Å². The minimum Gasteiger partial charge on any atom is -0.287 e. The van der Waals surface area contributed by atoms with Gasteiger partial charge in [0, 0.05) is 0 Å². The molecule has 0 fully saturated rings. The van der Waals surface area contributed by atoms with Crippen LogP contribution in [0.25, 0.3) is 0 Å². The molecule has 0 aliphatic heterocycles. The third-order valence-electron chi connectivity index (χ3n) is 1.60. The van der Waals surface area contributed by atoms with E-state index in [1.165, 1.54) is 0 Å². The molecule has 0 aromatic heterocycles. The van der Waals surface area contributed by atoms with Gasteiger partial charge in [0.05, 0.1) is 0 Å². The van der Waals surface area contributed by atoms with Crippen LogP contribution < -0.4 is 0 Å². The number of hydrogen-bond acceptors (Lipinski definition) is 1. The molecule has 0 rings (SSSR count). The first-order valence-corrected chi connectivity index (χ1v) is 3.81. The molecule has 2 unspecified atom stereocenters. The Hall–Kier alpha value is -1.12. The zero-order valence-corrected chi connectivity index (χ0v) is 8.00. The van der Waals surface area contributed by atoms with E-state index in [-0.39, 0.29) is 0 Å². The van der Waals surface area contributed by atoms with Gasteiger partial charge in [-0.1, -0.05) is 13.2 Å². The average Bonchev–Trinajstić information content (AvgIpc) is 2.13. The predicted octanol–water partition coefficient (Wildman–Crippen LogP) is 3.83. The molecule has 0 saturated carbocycles. The first kappa shape index (κ1) is 15.9. The molecule has 0 N–H and O–H groups in total. The van der Waals surface area contributed by atoms with Crippen molar-refractivity contribution in [3.63, 3.8) is 0 Å². The highest BCUT2D eigenvalue weighted by Gasteiger charge is 2.66. The van der Waals surface area contributed by atoms with E-state index in [0.29, 0.717) is 0 Å². The summed E-state index contributed by atoms with van der Waals surface area (Å²) in [6, 6.07) is 0. The molecule has 0 aliphatic carbocycles. The minimum atomic E-state index is -5.92. The van der Waals surface area contributed by atoms with Crippen molar-refractivity contribution in [1.82, 2.24) is 0 Å². The molecule has 0 radical (unpaired) electrons. The van der Waals surface area contributed by atoms with Crippen LogP contribution in [-0.2, 0) is 4.74 Å². The van der Waals surface area contributed by atoms with Crippen molar-refractivity contribution in [2.24, 2.45) is 0 Å². The Labute approximate surface area is 90.4 Å². The van der Waals surface area contributed by atoms with Gasteiger partial charge in [-0.25, -0.2) is 0 Å². The van der Waals surface area contributed by atoms with Crippen LogP contribution in [0.2, 0.25) is 0 Å². The van der Waals surface area contributed by atoms with Crippen LogP contribution in [0.5, 0.6) is 0 Å². The van der Waals surface area contributed by atoms with Crippen molar-refractivity contribution in [3.05, 3.63) is 25.3 Å². The van der Waals surface area contributed by atoms with Gasteiger partial charge in [0.2, 0.25) is 0 Å². The molecule has 2 atom stereocenters. The van der Waals surface area contributed by atoms with Gasteiger partial charge in [0.1, 0.15) is 0 Å². The van der Waals surface area contributed by atoms with Crippen LogP contribution in [0.3, 0.4) is 0 Å². The number of alkyl halides is 8. The Morgan fingerprint density at radius 2 is 0.882 bits per heavy atom. The number of hydrogen-bond donors (Lipinski definition) is 0. The molecular formula is C8H6F8O. The lowest BCUT2D eigenvalue weighted by atomic mass is 10.2. The van der Waals surface area contributed by atoms with E-state index in [9.17, 15) is 35.1 Å². The summed E-state index contributed by atoms with van der Waals surface area (Å²) in [7, 11) is 0. The second-order valence-electron chi connectivity index (χ2n) is 2.80. The fourth-order valence-corrected chi connectivity index (χ4v) is 0.647. The van der Waals surface area contributed by atoms with Gasteiger partial charge in [0.15, 0.2) is 0 Å². The van der Waals surface area contributed by atoms with Crippen LogP contribution in [0.4, 0.5) is 35.1 Å². The third kappa shape index (κ3) is 2.96. The van der Waals surface area contributed by atoms with Crippen molar-refractivity contribution < 1.29 is 39.9 Å². The quantitative estimate of drug-likeness (QED) is 0.557. The zero-order chi connectivity index (χ0) is 14.1. The highest BCUT2D eigenvalue weighted by Crippen LogP contribution is 2.45. The largest absolute Gasteiger partial charge is 0.452 e. The summed E-state index contributed by atoms with van der Waals surface area (Å²) in [5, 5.41) is 0. The molecule has 0 saturated heterocycles. The van der Waals surface area contributed by atoms with Crippen LogP contribution in [-0.4, -0.2) is 24.1 Å². The smallest absolute Gasteiger partial charge is 0.287 e. The summed E-state index contributed by atoms with van der Waals surface area (Å²) in [4.78, 5) is 0. The fourth-order valence-electron chi connectivity index (χ4n) is 0.647. The van der Waals surface area contributed by atoms with E-state index >= 15 is 0 Å². The minimum absolute atomic E-state index is 0.628. The lowest BCUT2D eigenvalue weighted by molar-refractivity contribution is -0.403. The van der Waals surface area contributed by atoms with Gasteiger partial charge in [-0.3, -0.25) is 4.74 Å². The van der Waals surface area contributed by atoms with E-state index in [2.05, 4.69) is 17.9 Å². The SMILES string of the molecule is C=CC(F)(OC(F)(C=C)C(F)(F)F)C(F)(F)F. The average molecular weight is 270 g/mol. The molecule has 0 spiro atoms. The maximum atomic E-state index is 13.0. The van der Waals surface area contributed by atoms with E-state index in [4.69, 9.17) is 0 Å². The fraction of sp³-hybridized carbons (Fsp3) is 0.500. The maximum absolute atomic E-state index is 13.0. The number of halogens is 8. The van der Waals surface area contributed by atoms with Crippen LogP contribution >= 0.6 is 0 Å². The standard InChI is InChI=1S/C8H6F8O/c1-3-5(9,7(11,12)13)17-6(10,4-2)8(14,15)16/h3-4H,1-2H2. The summed E-state index contributed by atoms with van der Waals surface area (Å²) < 4.78 is 101. The highest BCUT2D eigenvalue weighted by atomic mass is 19.4. The summed E-state index contributed by atoms with van der Waals surface area (Å²) in [5.74, 6) is -9.96. The molecule has 9 heteroatoms. The second-order valence-corrected chi connectivity index (χ2v) is 2.80. The Bertz CT molecular complexity index is 276. The Morgan fingerprint density at radius 1 is 0.647 bits per heavy atom. The van der Waals surface area contributed by atoms with Gasteiger partial charge in [-0.15, -0.1) is 0 Å². The lowest BCUT2D eigenvalue weighted by Gasteiger charge is -2.32. The van der Waals surface area contributed by atoms with Crippen LogP contribution in [0, 0.1) is 0 Å². The van der Waals surface area contributed by atoms with Crippen molar-refractivity contribution >= 4 is 0 Å². The summed E-state index contributed by atoms with van der Waals surface area (Å²) in [6.07, 6.45) is -13.1. The number of ether oxygens (including phenoxy) is 1. The maximum Gasteiger partial charge on any atom is 0.452 e. The Balaban J connectivity index is 5.41. The molecule has 100 valence electrons. The summed E-state index contributed by atoms with van der Waals surface area (Å²) >= 11 is 0. The van der Waals surface area contributed by atoms with E-state index in [1.54, 1.807) is 0 Å². The normalized spacial score (nSPS) is 20.2. The third-order valence-corrected chi connectivity index (χ3v) is 1.60. The first-order chi connectivity index (χ1) is 7.33. The zero-order valence-electron chi connectivity index (χ0n) is 8.00. The van der Waals surface area contributed by atoms with Crippen LogP contribution in [0.1, 0.15) is 0 Å².